The van der Waals surface area contributed by atoms with Crippen molar-refractivity contribution in [3.63, 3.8) is 0 Å². The fourth-order valence-electron chi connectivity index (χ4n) is 2.37. The van der Waals surface area contributed by atoms with E-state index >= 15 is 0 Å². The molecule has 0 amide bonds. The molecule has 0 aliphatic heterocycles. The van der Waals surface area contributed by atoms with Crippen LogP contribution >= 0.6 is 19.8 Å². The van der Waals surface area contributed by atoms with Crippen LogP contribution in [0.2, 0.25) is 0 Å². The van der Waals surface area contributed by atoms with Crippen LogP contribution in [0.3, 0.4) is 0 Å². The Bertz CT molecular complexity index is 365. The standard InChI is InChI=1S/C16H28IN/c1-15(2,3)17(16(4,5)6)13-9-11-14(12-10-13)18(7)8/h9-12H,1-8H3. The Hall–Kier alpha value is -0.250. The van der Waals surface area contributed by atoms with Crippen molar-refractivity contribution in [2.24, 2.45) is 0 Å². The van der Waals surface area contributed by atoms with Gasteiger partial charge in [-0.25, -0.2) is 0 Å². The first-order valence-corrected chi connectivity index (χ1v) is 9.74. The molecule has 0 aliphatic carbocycles. The minimum atomic E-state index is -1.24. The first-order chi connectivity index (χ1) is 8.03. The van der Waals surface area contributed by atoms with Gasteiger partial charge in [-0.2, -0.15) is 0 Å². The van der Waals surface area contributed by atoms with Crippen LogP contribution in [-0.4, -0.2) is 20.9 Å². The number of hydrogen-bond donors (Lipinski definition) is 0. The third-order valence-corrected chi connectivity index (χ3v) is 11.1. The van der Waals surface area contributed by atoms with E-state index in [1.807, 2.05) is 0 Å². The topological polar surface area (TPSA) is 3.24 Å². The molecule has 1 aromatic carbocycles. The van der Waals surface area contributed by atoms with Crippen molar-refractivity contribution in [1.82, 2.24) is 0 Å². The maximum absolute atomic E-state index is 2.41. The predicted molar refractivity (Wildman–Crippen MR) is 93.0 cm³/mol. The molecule has 0 bridgehead atoms. The molecule has 2 heteroatoms. The Kier molecular flexibility index (Phi) is 4.74. The molecule has 0 aromatic heterocycles. The Labute approximate surface area is 120 Å². The second-order valence-corrected chi connectivity index (χ2v) is 16.1. The molecule has 0 radical (unpaired) electrons. The van der Waals surface area contributed by atoms with E-state index in [1.54, 1.807) is 3.57 Å². The maximum atomic E-state index is 2.41. The van der Waals surface area contributed by atoms with E-state index in [2.05, 4.69) is 84.8 Å². The van der Waals surface area contributed by atoms with Crippen molar-refractivity contribution in [3.05, 3.63) is 27.8 Å². The monoisotopic (exact) mass is 361 g/mol. The Morgan fingerprint density at radius 3 is 1.44 bits per heavy atom. The summed E-state index contributed by atoms with van der Waals surface area (Å²) in [4.78, 5) is 2.16. The first kappa shape index (κ1) is 15.8. The predicted octanol–water partition coefficient (Wildman–Crippen LogP) is 5.03. The van der Waals surface area contributed by atoms with E-state index in [0.717, 1.165) is 0 Å². The van der Waals surface area contributed by atoms with Crippen LogP contribution in [0.1, 0.15) is 41.5 Å². The van der Waals surface area contributed by atoms with Gasteiger partial charge in [0.15, 0.2) is 0 Å². The molecule has 0 saturated carbocycles. The molecule has 0 atom stereocenters. The number of rotatable bonds is 2. The summed E-state index contributed by atoms with van der Waals surface area (Å²) in [5.41, 5.74) is 1.29. The van der Waals surface area contributed by atoms with Crippen molar-refractivity contribution in [3.8, 4) is 0 Å². The number of halogens is 1. The zero-order chi connectivity index (χ0) is 14.1. The van der Waals surface area contributed by atoms with Gasteiger partial charge in [-0.05, 0) is 0 Å². The summed E-state index contributed by atoms with van der Waals surface area (Å²) in [7, 11) is 4.19. The van der Waals surface area contributed by atoms with Gasteiger partial charge >= 0.3 is 121 Å². The van der Waals surface area contributed by atoms with Crippen molar-refractivity contribution < 1.29 is 0 Å². The quantitative estimate of drug-likeness (QED) is 0.528. The van der Waals surface area contributed by atoms with Crippen LogP contribution in [0, 0.1) is 3.57 Å². The van der Waals surface area contributed by atoms with E-state index in [9.17, 15) is 0 Å². The van der Waals surface area contributed by atoms with Gasteiger partial charge in [0.2, 0.25) is 0 Å². The summed E-state index contributed by atoms with van der Waals surface area (Å²) in [5.74, 6) is 0. The molecule has 0 N–H and O–H groups in total. The third kappa shape index (κ3) is 3.87. The van der Waals surface area contributed by atoms with E-state index in [1.165, 1.54) is 5.69 Å². The van der Waals surface area contributed by atoms with Gasteiger partial charge in [0.1, 0.15) is 0 Å². The molecule has 104 valence electrons. The van der Waals surface area contributed by atoms with Crippen molar-refractivity contribution in [2.75, 3.05) is 19.0 Å². The summed E-state index contributed by atoms with van der Waals surface area (Å²) in [5, 5.41) is 0. The summed E-state index contributed by atoms with van der Waals surface area (Å²) >= 11 is -1.24. The summed E-state index contributed by atoms with van der Waals surface area (Å²) in [6.45, 7) is 14.4. The third-order valence-electron chi connectivity index (χ3n) is 2.70. The second kappa shape index (κ2) is 5.40. The molecular formula is C16H28IN. The number of benzene rings is 1. The van der Waals surface area contributed by atoms with Gasteiger partial charge in [0.05, 0.1) is 0 Å². The van der Waals surface area contributed by atoms with Crippen LogP contribution in [-0.2, 0) is 0 Å². The molecule has 1 rings (SSSR count). The van der Waals surface area contributed by atoms with Crippen LogP contribution in [0.5, 0.6) is 0 Å². The zero-order valence-corrected chi connectivity index (χ0v) is 15.3. The van der Waals surface area contributed by atoms with Crippen molar-refractivity contribution >= 4 is 25.5 Å². The normalized spacial score (nSPS) is 13.4. The van der Waals surface area contributed by atoms with E-state index in [4.69, 9.17) is 0 Å². The molecule has 18 heavy (non-hydrogen) atoms. The van der Waals surface area contributed by atoms with Gasteiger partial charge < -0.3 is 0 Å². The minimum absolute atomic E-state index is 0.432. The van der Waals surface area contributed by atoms with Crippen LogP contribution < -0.4 is 4.90 Å². The molecule has 0 saturated heterocycles. The Balaban J connectivity index is 3.16. The zero-order valence-electron chi connectivity index (χ0n) is 13.1. The average molecular weight is 361 g/mol. The fraction of sp³-hybridized carbons (Fsp3) is 0.625. The average Bonchev–Trinajstić information content (AvgIpc) is 2.13. The van der Waals surface area contributed by atoms with Gasteiger partial charge in [0.25, 0.3) is 0 Å². The fourth-order valence-corrected chi connectivity index (χ4v) is 12.0. The number of alkyl halides is 2. The van der Waals surface area contributed by atoms with Crippen molar-refractivity contribution in [1.29, 1.82) is 0 Å². The van der Waals surface area contributed by atoms with Crippen LogP contribution in [0.15, 0.2) is 24.3 Å². The molecule has 0 aliphatic rings. The molecule has 0 unspecified atom stereocenters. The van der Waals surface area contributed by atoms with Gasteiger partial charge in [-0.3, -0.25) is 0 Å². The SMILES string of the molecule is CN(C)c1ccc(I(C(C)(C)C)C(C)(C)C)cc1. The molecule has 0 spiro atoms. The number of anilines is 1. The first-order valence-electron chi connectivity index (χ1n) is 6.51. The summed E-state index contributed by atoms with van der Waals surface area (Å²) in [6.07, 6.45) is 0. The van der Waals surface area contributed by atoms with Gasteiger partial charge in [-0.15, -0.1) is 0 Å². The molecule has 1 nitrogen and oxygen atoms in total. The van der Waals surface area contributed by atoms with Crippen LogP contribution in [0.25, 0.3) is 0 Å². The van der Waals surface area contributed by atoms with Gasteiger partial charge in [0, 0.05) is 0 Å². The molecule has 0 fully saturated rings. The summed E-state index contributed by atoms with van der Waals surface area (Å²) in [6, 6.07) is 9.24. The Morgan fingerprint density at radius 2 is 1.17 bits per heavy atom. The molecule has 1 aromatic rings. The van der Waals surface area contributed by atoms with E-state index in [-0.39, 0.29) is 0 Å². The molecule has 0 heterocycles. The second-order valence-electron chi connectivity index (χ2n) is 6.79. The van der Waals surface area contributed by atoms with E-state index < -0.39 is 19.8 Å². The number of hydrogen-bond acceptors (Lipinski definition) is 1. The van der Waals surface area contributed by atoms with Crippen LogP contribution in [0.4, 0.5) is 5.69 Å². The van der Waals surface area contributed by atoms with Gasteiger partial charge in [-0.1, -0.05) is 0 Å². The number of nitrogens with zero attached hydrogens (tertiary/aromatic N) is 1. The van der Waals surface area contributed by atoms with E-state index in [0.29, 0.717) is 6.84 Å². The molecular weight excluding hydrogens is 333 g/mol. The van der Waals surface area contributed by atoms with Crippen molar-refractivity contribution in [2.45, 2.75) is 48.4 Å². The Morgan fingerprint density at radius 1 is 0.778 bits per heavy atom. The summed E-state index contributed by atoms with van der Waals surface area (Å²) < 4.78 is 2.47.